The zero-order valence-corrected chi connectivity index (χ0v) is 18.1. The van der Waals surface area contributed by atoms with Crippen molar-refractivity contribution in [1.29, 1.82) is 0 Å². The second kappa shape index (κ2) is 8.51. The van der Waals surface area contributed by atoms with Crippen molar-refractivity contribution in [1.82, 2.24) is 0 Å². The summed E-state index contributed by atoms with van der Waals surface area (Å²) in [4.78, 5) is 14.2. The van der Waals surface area contributed by atoms with Crippen molar-refractivity contribution in [2.45, 2.75) is 52.5 Å². The van der Waals surface area contributed by atoms with E-state index in [9.17, 15) is 10.0 Å². The largest absolute Gasteiger partial charge is 0.595 e. The highest BCUT2D eigenvalue weighted by Crippen LogP contribution is 2.47. The molecule has 1 heterocycles. The first-order valence-electron chi connectivity index (χ1n) is 10.1. The van der Waals surface area contributed by atoms with Crippen molar-refractivity contribution in [3.05, 3.63) is 47.2 Å². The second-order valence-electron chi connectivity index (χ2n) is 8.32. The van der Waals surface area contributed by atoms with E-state index < -0.39 is 5.23 Å². The van der Waals surface area contributed by atoms with Gasteiger partial charge >= 0.3 is 0 Å². The summed E-state index contributed by atoms with van der Waals surface area (Å²) in [6.45, 7) is 11.1. The van der Waals surface area contributed by atoms with Crippen LogP contribution in [0.3, 0.4) is 0 Å². The van der Waals surface area contributed by atoms with E-state index >= 15 is 0 Å². The van der Waals surface area contributed by atoms with Crippen molar-refractivity contribution < 1.29 is 15.2 Å². The average Bonchev–Trinajstić information content (AvgIpc) is 2.66. The van der Waals surface area contributed by atoms with Crippen LogP contribution < -0.4 is 15.4 Å². The molecule has 2 atom stereocenters. The van der Waals surface area contributed by atoms with E-state index in [0.717, 1.165) is 18.7 Å². The van der Waals surface area contributed by atoms with Gasteiger partial charge in [0.05, 0.1) is 11.4 Å². The van der Waals surface area contributed by atoms with Gasteiger partial charge in [0.15, 0.2) is 5.69 Å². The maximum atomic E-state index is 11.8. The molecule has 8 heteroatoms. The Labute approximate surface area is 176 Å². The van der Waals surface area contributed by atoms with E-state index in [0.29, 0.717) is 23.0 Å². The molecule has 0 saturated carbocycles. The summed E-state index contributed by atoms with van der Waals surface area (Å²) in [6.07, 6.45) is 1.01. The molecule has 30 heavy (non-hydrogen) atoms. The fraction of sp³-hybridized carbons (Fsp3) is 0.409. The van der Waals surface area contributed by atoms with Gasteiger partial charge in [-0.05, 0) is 62.9 Å². The summed E-state index contributed by atoms with van der Waals surface area (Å²) >= 11 is 0. The van der Waals surface area contributed by atoms with E-state index in [1.54, 1.807) is 12.1 Å². The molecule has 1 amide bonds. The number of anilines is 2. The zero-order chi connectivity index (χ0) is 22.1. The van der Waals surface area contributed by atoms with Crippen LogP contribution in [-0.2, 0) is 4.79 Å². The van der Waals surface area contributed by atoms with Crippen LogP contribution in [-0.4, -0.2) is 23.2 Å². The van der Waals surface area contributed by atoms with E-state index in [-0.39, 0.29) is 17.1 Å². The summed E-state index contributed by atoms with van der Waals surface area (Å²) < 4.78 is 0. The monoisotopic (exact) mass is 411 g/mol. The van der Waals surface area contributed by atoms with Gasteiger partial charge < -0.3 is 15.4 Å². The Morgan fingerprint density at radius 1 is 1.30 bits per heavy atom. The molecule has 2 aromatic carbocycles. The Balaban J connectivity index is 2.03. The van der Waals surface area contributed by atoms with Gasteiger partial charge in [-0.3, -0.25) is 4.79 Å². The predicted molar refractivity (Wildman–Crippen MR) is 117 cm³/mol. The highest BCUT2D eigenvalue weighted by molar-refractivity contribution is 5.93. The van der Waals surface area contributed by atoms with Gasteiger partial charge in [0.2, 0.25) is 5.91 Å². The fourth-order valence-corrected chi connectivity index (χ4v) is 4.27. The van der Waals surface area contributed by atoms with Gasteiger partial charge in [0.25, 0.3) is 0 Å². The number of fused-ring (bicyclic) bond motifs is 1. The predicted octanol–water partition coefficient (Wildman–Crippen LogP) is 4.58. The minimum absolute atomic E-state index is 0.0174. The molecule has 0 spiro atoms. The number of nitrogens with one attached hydrogen (secondary N) is 2. The first-order chi connectivity index (χ1) is 14.1. The summed E-state index contributed by atoms with van der Waals surface area (Å²) in [5.41, 5.74) is 4.22. The lowest BCUT2D eigenvalue weighted by molar-refractivity contribution is -0.991. The molecule has 2 unspecified atom stereocenters. The average molecular weight is 412 g/mol. The van der Waals surface area contributed by atoms with E-state index in [4.69, 9.17) is 5.21 Å². The normalized spacial score (nSPS) is 18.9. The molecule has 1 aliphatic heterocycles. The lowest BCUT2D eigenvalue weighted by Crippen LogP contribution is -2.99. The quantitative estimate of drug-likeness (QED) is 0.495. The van der Waals surface area contributed by atoms with Gasteiger partial charge in [0.1, 0.15) is 5.69 Å². The Morgan fingerprint density at radius 2 is 1.97 bits per heavy atom. The summed E-state index contributed by atoms with van der Waals surface area (Å²) in [6, 6.07) is 10.2. The maximum Gasteiger partial charge on any atom is 0.221 e. The van der Waals surface area contributed by atoms with Crippen LogP contribution in [0, 0.1) is 5.21 Å². The third-order valence-electron chi connectivity index (χ3n) is 5.52. The minimum atomic E-state index is -0.987. The van der Waals surface area contributed by atoms with Crippen molar-refractivity contribution in [3.8, 4) is 0 Å². The number of azo groups is 1. The van der Waals surface area contributed by atoms with Crippen LogP contribution in [0.5, 0.6) is 0 Å². The first kappa shape index (κ1) is 21.9. The van der Waals surface area contributed by atoms with Crippen molar-refractivity contribution in [2.24, 2.45) is 10.2 Å². The highest BCUT2D eigenvalue weighted by atomic mass is 16.8. The molecule has 0 bridgehead atoms. The van der Waals surface area contributed by atoms with E-state index in [1.807, 2.05) is 12.1 Å². The van der Waals surface area contributed by atoms with Crippen LogP contribution in [0.2, 0.25) is 0 Å². The number of quaternary nitrogens is 1. The van der Waals surface area contributed by atoms with Crippen molar-refractivity contribution in [2.75, 3.05) is 16.8 Å². The molecule has 2 aromatic rings. The van der Waals surface area contributed by atoms with Gasteiger partial charge in [-0.25, -0.2) is 5.21 Å². The van der Waals surface area contributed by atoms with Crippen LogP contribution >= 0.6 is 0 Å². The van der Waals surface area contributed by atoms with Crippen molar-refractivity contribution >= 4 is 34.3 Å². The number of rotatable bonds is 5. The van der Waals surface area contributed by atoms with Crippen molar-refractivity contribution in [3.63, 3.8) is 0 Å². The van der Waals surface area contributed by atoms with E-state index in [2.05, 4.69) is 48.1 Å². The standard InChI is InChI=1S/C22H29N5O3/c1-6-26-21-12-19(23-15(3)28)20(11-18(21)14(2)13-22(26,4)5)25-24-16-7-9-17(10-8-16)27(29)30/h7-12,14,27,29H,6,13H2,1-5H3,(H,23,28). The second-order valence-corrected chi connectivity index (χ2v) is 8.32. The van der Waals surface area contributed by atoms with Crippen LogP contribution in [0.4, 0.5) is 28.4 Å². The lowest BCUT2D eigenvalue weighted by atomic mass is 9.79. The molecule has 3 N–H and O–H groups in total. The van der Waals surface area contributed by atoms with Gasteiger partial charge in [-0.2, -0.15) is 10.3 Å². The topological polar surface area (TPSA) is 105 Å². The zero-order valence-electron chi connectivity index (χ0n) is 18.1. The molecule has 0 aromatic heterocycles. The molecule has 8 nitrogen and oxygen atoms in total. The Hall–Kier alpha value is -2.81. The Morgan fingerprint density at radius 3 is 2.53 bits per heavy atom. The molecule has 0 fully saturated rings. The van der Waals surface area contributed by atoms with Gasteiger partial charge in [-0.1, -0.05) is 6.92 Å². The Kier molecular flexibility index (Phi) is 6.21. The smallest absolute Gasteiger partial charge is 0.221 e. The van der Waals surface area contributed by atoms with Gasteiger partial charge in [-0.15, -0.1) is 5.11 Å². The highest BCUT2D eigenvalue weighted by Gasteiger charge is 2.36. The number of carbonyl (C=O) groups is 1. The first-order valence-corrected chi connectivity index (χ1v) is 10.1. The molecule has 0 radical (unpaired) electrons. The molecule has 0 aliphatic carbocycles. The number of hydrogen-bond donors (Lipinski definition) is 3. The molecule has 3 rings (SSSR count). The van der Waals surface area contributed by atoms with Gasteiger partial charge in [0, 0.05) is 36.8 Å². The minimum Gasteiger partial charge on any atom is -0.595 e. The maximum absolute atomic E-state index is 11.8. The summed E-state index contributed by atoms with van der Waals surface area (Å²) in [5, 5.41) is 30.5. The number of hydrogen-bond acceptors (Lipinski definition) is 6. The van der Waals surface area contributed by atoms with E-state index in [1.165, 1.54) is 24.6 Å². The summed E-state index contributed by atoms with van der Waals surface area (Å²) in [5.74, 6) is 0.163. The SMILES string of the molecule is CCN1c2cc(NC(C)=O)c(N=Nc3ccc([NH+]([O-])O)cc3)cc2C(C)CC1(C)C. The molecule has 160 valence electrons. The number of nitrogens with zero attached hydrogens (tertiary/aromatic N) is 3. The van der Waals surface area contributed by atoms with Crippen LogP contribution in [0.25, 0.3) is 0 Å². The lowest BCUT2D eigenvalue weighted by Gasteiger charge is -2.47. The number of benzene rings is 2. The third kappa shape index (κ3) is 4.51. The number of amides is 1. The van der Waals surface area contributed by atoms with Crippen LogP contribution in [0.15, 0.2) is 46.6 Å². The molecular weight excluding hydrogens is 382 g/mol. The number of carbonyl (C=O) groups excluding carboxylic acids is 1. The molecule has 0 saturated heterocycles. The molecular formula is C22H29N5O3. The fourth-order valence-electron chi connectivity index (χ4n) is 4.27. The molecule has 1 aliphatic rings. The van der Waals surface area contributed by atoms with Crippen LogP contribution in [0.1, 0.15) is 52.5 Å². The Bertz CT molecular complexity index is 954. The third-order valence-corrected chi connectivity index (χ3v) is 5.52. The summed E-state index contributed by atoms with van der Waals surface area (Å²) in [7, 11) is 0.